The number of nitro benzene ring substituents is 1. The number of non-ortho nitro benzene ring substituents is 1. The lowest BCUT2D eigenvalue weighted by Gasteiger charge is -2.33. The Hall–Kier alpha value is -1.77. The molecule has 0 spiro atoms. The SMILES string of the molecule is O=[N+]([O-])c1ccc(NC(=S)N2CC[NH+](CCO)CC2)cc1. The molecular weight excluding hydrogens is 292 g/mol. The van der Waals surface area contributed by atoms with E-state index in [1.165, 1.54) is 17.0 Å². The Balaban J connectivity index is 1.86. The van der Waals surface area contributed by atoms with Crippen molar-refractivity contribution in [3.8, 4) is 0 Å². The second kappa shape index (κ2) is 7.30. The smallest absolute Gasteiger partial charge is 0.269 e. The van der Waals surface area contributed by atoms with Gasteiger partial charge < -0.3 is 20.2 Å². The first kappa shape index (κ1) is 15.6. The fourth-order valence-corrected chi connectivity index (χ4v) is 2.60. The maximum absolute atomic E-state index is 10.6. The number of rotatable bonds is 4. The van der Waals surface area contributed by atoms with Gasteiger partial charge in [0.05, 0.1) is 37.7 Å². The lowest BCUT2D eigenvalue weighted by atomic mass is 10.3. The van der Waals surface area contributed by atoms with E-state index in [1.54, 1.807) is 12.1 Å². The van der Waals surface area contributed by atoms with Crippen LogP contribution in [0.4, 0.5) is 11.4 Å². The van der Waals surface area contributed by atoms with Gasteiger partial charge in [0.1, 0.15) is 6.54 Å². The molecule has 7 nitrogen and oxygen atoms in total. The van der Waals surface area contributed by atoms with Gasteiger partial charge in [-0.05, 0) is 24.4 Å². The fraction of sp³-hybridized carbons (Fsp3) is 0.462. The number of quaternary nitrogens is 1. The molecule has 0 radical (unpaired) electrons. The molecule has 114 valence electrons. The monoisotopic (exact) mass is 311 g/mol. The number of piperazine rings is 1. The maximum atomic E-state index is 10.6. The number of nitrogens with one attached hydrogen (secondary N) is 2. The third-order valence-corrected chi connectivity index (χ3v) is 3.91. The van der Waals surface area contributed by atoms with Crippen LogP contribution >= 0.6 is 12.2 Å². The number of aliphatic hydroxyl groups excluding tert-OH is 1. The van der Waals surface area contributed by atoms with Crippen LogP contribution in [0.15, 0.2) is 24.3 Å². The highest BCUT2D eigenvalue weighted by Crippen LogP contribution is 2.15. The van der Waals surface area contributed by atoms with Crippen LogP contribution in [0.25, 0.3) is 0 Å². The number of benzene rings is 1. The van der Waals surface area contributed by atoms with Gasteiger partial charge in [0, 0.05) is 17.8 Å². The number of thiocarbonyl (C=S) groups is 1. The average molecular weight is 311 g/mol. The van der Waals surface area contributed by atoms with Crippen molar-refractivity contribution in [2.24, 2.45) is 0 Å². The molecule has 1 aliphatic heterocycles. The van der Waals surface area contributed by atoms with Crippen LogP contribution in [0, 0.1) is 10.1 Å². The predicted molar refractivity (Wildman–Crippen MR) is 83.5 cm³/mol. The number of nitro groups is 1. The van der Waals surface area contributed by atoms with Crippen molar-refractivity contribution in [2.75, 3.05) is 44.6 Å². The van der Waals surface area contributed by atoms with Gasteiger partial charge in [-0.15, -0.1) is 0 Å². The van der Waals surface area contributed by atoms with Crippen molar-refractivity contribution < 1.29 is 14.9 Å². The van der Waals surface area contributed by atoms with E-state index >= 15 is 0 Å². The van der Waals surface area contributed by atoms with E-state index in [9.17, 15) is 10.1 Å². The summed E-state index contributed by atoms with van der Waals surface area (Å²) in [5, 5.41) is 23.3. The van der Waals surface area contributed by atoms with Gasteiger partial charge in [-0.3, -0.25) is 10.1 Å². The van der Waals surface area contributed by atoms with E-state index in [0.717, 1.165) is 38.4 Å². The predicted octanol–water partition coefficient (Wildman–Crippen LogP) is -0.516. The van der Waals surface area contributed by atoms with E-state index in [4.69, 9.17) is 17.3 Å². The van der Waals surface area contributed by atoms with Crippen LogP contribution in [0.5, 0.6) is 0 Å². The molecule has 0 aromatic heterocycles. The lowest BCUT2D eigenvalue weighted by Crippen LogP contribution is -3.15. The Morgan fingerprint density at radius 1 is 1.38 bits per heavy atom. The van der Waals surface area contributed by atoms with Gasteiger partial charge in [-0.2, -0.15) is 0 Å². The highest BCUT2D eigenvalue weighted by Gasteiger charge is 2.21. The topological polar surface area (TPSA) is 83.1 Å². The molecule has 0 aliphatic carbocycles. The van der Waals surface area contributed by atoms with E-state index < -0.39 is 4.92 Å². The molecule has 0 saturated carbocycles. The van der Waals surface area contributed by atoms with Crippen LogP contribution in [0.1, 0.15) is 0 Å². The maximum Gasteiger partial charge on any atom is 0.269 e. The molecular formula is C13H19N4O3S+. The molecule has 0 unspecified atom stereocenters. The largest absolute Gasteiger partial charge is 0.391 e. The number of anilines is 1. The van der Waals surface area contributed by atoms with Gasteiger partial charge in [-0.1, -0.05) is 0 Å². The molecule has 1 saturated heterocycles. The van der Waals surface area contributed by atoms with Gasteiger partial charge >= 0.3 is 0 Å². The minimum atomic E-state index is -0.425. The van der Waals surface area contributed by atoms with Crippen LogP contribution in [-0.4, -0.2) is 59.4 Å². The Morgan fingerprint density at radius 2 is 2.00 bits per heavy atom. The Labute approximate surface area is 128 Å². The first-order valence-electron chi connectivity index (χ1n) is 6.85. The summed E-state index contributed by atoms with van der Waals surface area (Å²) in [5.41, 5.74) is 0.809. The molecule has 1 fully saturated rings. The van der Waals surface area contributed by atoms with Crippen LogP contribution in [0.3, 0.4) is 0 Å². The van der Waals surface area contributed by atoms with Gasteiger partial charge in [0.25, 0.3) is 5.69 Å². The second-order valence-corrected chi connectivity index (χ2v) is 5.33. The zero-order valence-electron chi connectivity index (χ0n) is 11.6. The summed E-state index contributed by atoms with van der Waals surface area (Å²) >= 11 is 5.37. The van der Waals surface area contributed by atoms with Crippen molar-refractivity contribution in [3.05, 3.63) is 34.4 Å². The van der Waals surface area contributed by atoms with Crippen molar-refractivity contribution in [1.82, 2.24) is 4.90 Å². The number of nitrogens with zero attached hydrogens (tertiary/aromatic N) is 2. The number of hydrogen-bond donors (Lipinski definition) is 3. The minimum Gasteiger partial charge on any atom is -0.391 e. The Bertz CT molecular complexity index is 501. The number of hydrogen-bond acceptors (Lipinski definition) is 4. The summed E-state index contributed by atoms with van der Waals surface area (Å²) in [4.78, 5) is 13.6. The molecule has 0 atom stereocenters. The van der Waals surface area contributed by atoms with Crippen LogP contribution in [-0.2, 0) is 0 Å². The zero-order valence-corrected chi connectivity index (χ0v) is 12.4. The number of aliphatic hydroxyl groups is 1. The van der Waals surface area contributed by atoms with E-state index in [1.807, 2.05) is 0 Å². The van der Waals surface area contributed by atoms with Crippen molar-refractivity contribution in [2.45, 2.75) is 0 Å². The van der Waals surface area contributed by atoms with E-state index in [0.29, 0.717) is 5.11 Å². The fourth-order valence-electron chi connectivity index (χ4n) is 2.30. The molecule has 21 heavy (non-hydrogen) atoms. The molecule has 1 aromatic rings. The molecule has 3 N–H and O–H groups in total. The highest BCUT2D eigenvalue weighted by atomic mass is 32.1. The summed E-state index contributed by atoms with van der Waals surface area (Å²) < 4.78 is 0. The molecule has 0 bridgehead atoms. The quantitative estimate of drug-likeness (QED) is 0.394. The Morgan fingerprint density at radius 3 is 2.52 bits per heavy atom. The van der Waals surface area contributed by atoms with Gasteiger partial charge in [0.2, 0.25) is 0 Å². The average Bonchev–Trinajstić information content (AvgIpc) is 2.49. The Kier molecular flexibility index (Phi) is 5.43. The second-order valence-electron chi connectivity index (χ2n) is 4.94. The molecule has 2 rings (SSSR count). The van der Waals surface area contributed by atoms with Crippen molar-refractivity contribution in [1.29, 1.82) is 0 Å². The third kappa shape index (κ3) is 4.35. The van der Waals surface area contributed by atoms with Crippen LogP contribution in [0.2, 0.25) is 0 Å². The summed E-state index contributed by atoms with van der Waals surface area (Å²) in [6, 6.07) is 6.21. The molecule has 1 aromatic carbocycles. The molecule has 0 amide bonds. The minimum absolute atomic E-state index is 0.0627. The van der Waals surface area contributed by atoms with Gasteiger partial charge in [0.15, 0.2) is 5.11 Å². The van der Waals surface area contributed by atoms with E-state index in [-0.39, 0.29) is 12.3 Å². The third-order valence-electron chi connectivity index (χ3n) is 3.55. The van der Waals surface area contributed by atoms with Crippen molar-refractivity contribution in [3.63, 3.8) is 0 Å². The lowest BCUT2D eigenvalue weighted by molar-refractivity contribution is -0.904. The highest BCUT2D eigenvalue weighted by molar-refractivity contribution is 7.80. The van der Waals surface area contributed by atoms with Crippen LogP contribution < -0.4 is 10.2 Å². The van der Waals surface area contributed by atoms with Gasteiger partial charge in [-0.25, -0.2) is 0 Å². The standard InChI is InChI=1S/C13H18N4O3S/c18-10-9-15-5-7-16(8-6-15)13(21)14-11-1-3-12(4-2-11)17(19)20/h1-4,18H,5-10H2,(H,14,21)/p+1. The zero-order chi connectivity index (χ0) is 15.2. The summed E-state index contributed by atoms with van der Waals surface area (Å²) in [6.07, 6.45) is 0. The van der Waals surface area contributed by atoms with E-state index in [2.05, 4.69) is 10.2 Å². The first-order chi connectivity index (χ1) is 10.1. The molecule has 1 aliphatic rings. The summed E-state index contributed by atoms with van der Waals surface area (Å²) in [6.45, 7) is 4.56. The van der Waals surface area contributed by atoms with Crippen molar-refractivity contribution >= 4 is 28.7 Å². The molecule has 8 heteroatoms. The summed E-state index contributed by atoms with van der Waals surface area (Å²) in [7, 11) is 0. The first-order valence-corrected chi connectivity index (χ1v) is 7.26. The molecule has 1 heterocycles. The normalized spacial score (nSPS) is 15.8. The summed E-state index contributed by atoms with van der Waals surface area (Å²) in [5.74, 6) is 0.